The van der Waals surface area contributed by atoms with Crippen LogP contribution < -0.4 is 5.32 Å². The molecule has 3 heterocycles. The van der Waals surface area contributed by atoms with Gasteiger partial charge in [-0.2, -0.15) is 0 Å². The molecule has 1 aliphatic rings. The van der Waals surface area contributed by atoms with Crippen LogP contribution in [0.1, 0.15) is 23.3 Å². The molecule has 0 radical (unpaired) electrons. The fourth-order valence-corrected chi connectivity index (χ4v) is 6.29. The number of hydrogen-bond donors (Lipinski definition) is 2. The van der Waals surface area contributed by atoms with E-state index in [4.69, 9.17) is 32.5 Å². The zero-order valence-electron chi connectivity index (χ0n) is 16.2. The van der Waals surface area contributed by atoms with Gasteiger partial charge in [-0.25, -0.2) is 4.79 Å². The number of rotatable bonds is 6. The Labute approximate surface area is 199 Å². The van der Waals surface area contributed by atoms with Gasteiger partial charge in [0.15, 0.2) is 5.15 Å². The number of anilines is 1. The number of benzene rings is 1. The van der Waals surface area contributed by atoms with Crippen molar-refractivity contribution in [2.45, 2.75) is 24.9 Å². The van der Waals surface area contributed by atoms with Crippen molar-refractivity contribution in [2.75, 3.05) is 5.32 Å². The van der Waals surface area contributed by atoms with Crippen molar-refractivity contribution < 1.29 is 24.0 Å². The van der Waals surface area contributed by atoms with E-state index in [0.717, 1.165) is 14.3 Å². The number of carboxylic acid groups (broad SMARTS) is 1. The molecule has 2 N–H and O–H groups in total. The fourth-order valence-electron chi connectivity index (χ4n) is 3.32. The minimum Gasteiger partial charge on any atom is -0.481 e. The molecule has 1 fully saturated rings. The third kappa shape index (κ3) is 3.75. The molecule has 0 bridgehead atoms. The third-order valence-corrected chi connectivity index (χ3v) is 8.38. The molecule has 0 spiro atoms. The molecule has 0 atom stereocenters. The molecule has 164 valence electrons. The lowest BCUT2D eigenvalue weighted by atomic mass is 10.1. The van der Waals surface area contributed by atoms with Crippen LogP contribution in [0.2, 0.25) is 10.2 Å². The minimum absolute atomic E-state index is 0.00468. The molecule has 7 nitrogen and oxygen atoms in total. The molecule has 5 rings (SSSR count). The lowest BCUT2D eigenvalue weighted by Gasteiger charge is -2.07. The van der Waals surface area contributed by atoms with Crippen LogP contribution in [0.15, 0.2) is 40.9 Å². The summed E-state index contributed by atoms with van der Waals surface area (Å²) in [6.07, 6.45) is 0.588. The highest BCUT2D eigenvalue weighted by atomic mass is 35.5. The van der Waals surface area contributed by atoms with Gasteiger partial charge in [-0.1, -0.05) is 46.6 Å². The highest BCUT2D eigenvalue weighted by molar-refractivity contribution is 7.29. The van der Waals surface area contributed by atoms with E-state index in [2.05, 4.69) is 10.5 Å². The van der Waals surface area contributed by atoms with Crippen LogP contribution in [0.25, 0.3) is 20.0 Å². The van der Waals surface area contributed by atoms with Crippen LogP contribution in [-0.4, -0.2) is 22.3 Å². The number of aromatic nitrogens is 1. The predicted molar refractivity (Wildman–Crippen MR) is 124 cm³/mol. The van der Waals surface area contributed by atoms with Crippen LogP contribution in [0.5, 0.6) is 0 Å². The van der Waals surface area contributed by atoms with Gasteiger partial charge in [-0.05, 0) is 31.0 Å². The summed E-state index contributed by atoms with van der Waals surface area (Å²) in [5, 5.41) is 16.4. The van der Waals surface area contributed by atoms with Crippen LogP contribution in [0.3, 0.4) is 0 Å². The van der Waals surface area contributed by atoms with Crippen molar-refractivity contribution >= 4 is 73.0 Å². The lowest BCUT2D eigenvalue weighted by molar-refractivity contribution is -0.139. The molecule has 11 heteroatoms. The Bertz CT molecular complexity index is 1320. The Morgan fingerprint density at radius 1 is 1.19 bits per heavy atom. The fraction of sp³-hybridized carbons (Fsp3) is 0.190. The standard InChI is InChI=1S/C21H14Cl2N2O5S2/c22-11-4-2-1-3-10(11)9-29-20(28)24-16-17(30-25-18(16)23)14-7-12-13(31-14)8-15(32-12)21(5-6-21)19(26)27/h1-4,7-8H,5-6,9H2,(H,24,28)(H,26,27). The first-order valence-electron chi connectivity index (χ1n) is 9.47. The minimum atomic E-state index is -0.782. The molecule has 0 aliphatic heterocycles. The van der Waals surface area contributed by atoms with E-state index in [0.29, 0.717) is 34.1 Å². The van der Waals surface area contributed by atoms with E-state index in [1.807, 2.05) is 12.1 Å². The second kappa shape index (κ2) is 8.08. The first kappa shape index (κ1) is 21.3. The van der Waals surface area contributed by atoms with Gasteiger partial charge in [-0.3, -0.25) is 10.1 Å². The SMILES string of the molecule is O=C(Nc1c(Cl)noc1-c1cc2sc(C3(C(=O)O)CC3)cc2s1)OCc1ccccc1Cl. The topological polar surface area (TPSA) is 102 Å². The summed E-state index contributed by atoms with van der Waals surface area (Å²) in [7, 11) is 0. The number of hydrogen-bond acceptors (Lipinski definition) is 7. The number of carbonyl (C=O) groups is 2. The molecule has 4 aromatic rings. The molecule has 3 aromatic heterocycles. The Hall–Kier alpha value is -2.59. The summed E-state index contributed by atoms with van der Waals surface area (Å²) in [5.41, 5.74) is 0.135. The zero-order valence-corrected chi connectivity index (χ0v) is 19.3. The molecule has 0 unspecified atom stereocenters. The van der Waals surface area contributed by atoms with Gasteiger partial charge in [0.1, 0.15) is 17.7 Å². The highest BCUT2D eigenvalue weighted by Crippen LogP contribution is 2.53. The largest absolute Gasteiger partial charge is 0.481 e. The monoisotopic (exact) mass is 508 g/mol. The van der Waals surface area contributed by atoms with E-state index in [-0.39, 0.29) is 17.4 Å². The Balaban J connectivity index is 1.35. The summed E-state index contributed by atoms with van der Waals surface area (Å²) in [4.78, 5) is 25.5. The van der Waals surface area contributed by atoms with E-state index in [1.165, 1.54) is 22.7 Å². The number of halogens is 2. The van der Waals surface area contributed by atoms with Crippen LogP contribution >= 0.6 is 45.9 Å². The lowest BCUT2D eigenvalue weighted by Crippen LogP contribution is -2.17. The number of ether oxygens (including phenoxy) is 1. The van der Waals surface area contributed by atoms with Crippen molar-refractivity contribution in [1.29, 1.82) is 0 Å². The Kier molecular flexibility index (Phi) is 5.37. The van der Waals surface area contributed by atoms with Crippen LogP contribution in [-0.2, 0) is 21.6 Å². The number of carbonyl (C=O) groups excluding carboxylic acids is 1. The van der Waals surface area contributed by atoms with Crippen molar-refractivity contribution in [3.63, 3.8) is 0 Å². The summed E-state index contributed by atoms with van der Waals surface area (Å²) >= 11 is 15.1. The Morgan fingerprint density at radius 2 is 1.94 bits per heavy atom. The molecule has 1 aliphatic carbocycles. The van der Waals surface area contributed by atoms with E-state index < -0.39 is 17.5 Å². The second-order valence-electron chi connectivity index (χ2n) is 7.31. The molecule has 1 amide bonds. The molecular formula is C21H14Cl2N2O5S2. The van der Waals surface area contributed by atoms with Gasteiger partial charge in [0.25, 0.3) is 0 Å². The number of fused-ring (bicyclic) bond motifs is 1. The van der Waals surface area contributed by atoms with Gasteiger partial charge < -0.3 is 14.4 Å². The van der Waals surface area contributed by atoms with Crippen molar-refractivity contribution in [1.82, 2.24) is 5.16 Å². The van der Waals surface area contributed by atoms with E-state index >= 15 is 0 Å². The second-order valence-corrected chi connectivity index (χ2v) is 10.2. The summed E-state index contributed by atoms with van der Waals surface area (Å²) in [6, 6.07) is 10.9. The number of thiophene rings is 2. The molecule has 0 saturated heterocycles. The maximum atomic E-state index is 12.3. The van der Waals surface area contributed by atoms with Crippen LogP contribution in [0, 0.1) is 0 Å². The first-order chi connectivity index (χ1) is 15.4. The molecule has 1 saturated carbocycles. The number of nitrogens with one attached hydrogen (secondary N) is 1. The van der Waals surface area contributed by atoms with Crippen LogP contribution in [0.4, 0.5) is 10.5 Å². The van der Waals surface area contributed by atoms with Gasteiger partial charge in [-0.15, -0.1) is 22.7 Å². The third-order valence-electron chi connectivity index (χ3n) is 5.26. The molecular weight excluding hydrogens is 495 g/mol. The van der Waals surface area contributed by atoms with E-state index in [9.17, 15) is 14.7 Å². The van der Waals surface area contributed by atoms with Gasteiger partial charge in [0.05, 0.1) is 4.88 Å². The smallest absolute Gasteiger partial charge is 0.412 e. The normalized spacial score (nSPS) is 14.4. The summed E-state index contributed by atoms with van der Waals surface area (Å²) in [5.74, 6) is -0.477. The summed E-state index contributed by atoms with van der Waals surface area (Å²) < 4.78 is 12.5. The van der Waals surface area contributed by atoms with Gasteiger partial charge in [0, 0.05) is 24.9 Å². The maximum absolute atomic E-state index is 12.3. The average Bonchev–Trinajstić information content (AvgIpc) is 3.17. The maximum Gasteiger partial charge on any atom is 0.412 e. The van der Waals surface area contributed by atoms with Gasteiger partial charge >= 0.3 is 12.1 Å². The van der Waals surface area contributed by atoms with Gasteiger partial charge in [0.2, 0.25) is 5.76 Å². The Morgan fingerprint density at radius 3 is 2.62 bits per heavy atom. The van der Waals surface area contributed by atoms with Crippen molar-refractivity contribution in [3.05, 3.63) is 57.0 Å². The first-order valence-corrected chi connectivity index (χ1v) is 11.9. The zero-order chi connectivity index (χ0) is 22.5. The number of carboxylic acids is 1. The number of amides is 1. The quantitative estimate of drug-likeness (QED) is 0.297. The number of aliphatic carboxylic acids is 1. The van der Waals surface area contributed by atoms with Crippen molar-refractivity contribution in [2.24, 2.45) is 0 Å². The molecule has 32 heavy (non-hydrogen) atoms. The predicted octanol–water partition coefficient (Wildman–Crippen LogP) is 6.79. The number of nitrogens with zero attached hydrogens (tertiary/aromatic N) is 1. The summed E-state index contributed by atoms with van der Waals surface area (Å²) in [6.45, 7) is -0.00736. The average molecular weight is 509 g/mol. The van der Waals surface area contributed by atoms with E-state index in [1.54, 1.807) is 24.3 Å². The molecule has 1 aromatic carbocycles. The van der Waals surface area contributed by atoms with Crippen molar-refractivity contribution in [3.8, 4) is 10.6 Å². The highest BCUT2D eigenvalue weighted by Gasteiger charge is 2.53.